The number of nitriles is 1. The molecule has 2 rings (SSSR count). The van der Waals surface area contributed by atoms with E-state index in [-0.39, 0.29) is 5.82 Å². The van der Waals surface area contributed by atoms with Crippen molar-refractivity contribution >= 4 is 22.4 Å². The number of nitrogen functional groups attached to an aromatic ring is 1. The lowest BCUT2D eigenvalue weighted by Gasteiger charge is -2.05. The highest BCUT2D eigenvalue weighted by molar-refractivity contribution is 7.10. The third-order valence-electron chi connectivity index (χ3n) is 2.44. The average molecular weight is 260 g/mol. The highest BCUT2D eigenvalue weighted by Gasteiger charge is 2.10. The largest absolute Gasteiger partial charge is 0.497 e. The maximum Gasteiger partial charge on any atom is 0.157 e. The Hall–Kier alpha value is -2.26. The second-order valence-corrected chi connectivity index (χ2v) is 4.36. The van der Waals surface area contributed by atoms with Gasteiger partial charge in [0.1, 0.15) is 22.4 Å². The van der Waals surface area contributed by atoms with E-state index in [1.54, 1.807) is 7.11 Å². The van der Waals surface area contributed by atoms with E-state index in [0.717, 1.165) is 11.3 Å². The SMILES string of the molecule is COc1ccc(CNc2snc(N)c2C#N)cc1. The maximum absolute atomic E-state index is 8.93. The van der Waals surface area contributed by atoms with Gasteiger partial charge in [0.2, 0.25) is 0 Å². The molecule has 0 radical (unpaired) electrons. The Morgan fingerprint density at radius 1 is 1.44 bits per heavy atom. The molecule has 92 valence electrons. The minimum atomic E-state index is 0.278. The monoisotopic (exact) mass is 260 g/mol. The fraction of sp³-hybridized carbons (Fsp3) is 0.167. The molecule has 0 aliphatic heterocycles. The zero-order chi connectivity index (χ0) is 13.0. The zero-order valence-electron chi connectivity index (χ0n) is 9.80. The van der Waals surface area contributed by atoms with Gasteiger partial charge in [0.15, 0.2) is 5.82 Å². The minimum Gasteiger partial charge on any atom is -0.497 e. The van der Waals surface area contributed by atoms with Gasteiger partial charge < -0.3 is 15.8 Å². The molecule has 0 saturated carbocycles. The van der Waals surface area contributed by atoms with Gasteiger partial charge >= 0.3 is 0 Å². The smallest absolute Gasteiger partial charge is 0.157 e. The fourth-order valence-corrected chi connectivity index (χ4v) is 2.12. The summed E-state index contributed by atoms with van der Waals surface area (Å²) in [5.74, 6) is 1.10. The fourth-order valence-electron chi connectivity index (χ4n) is 1.46. The Morgan fingerprint density at radius 3 is 2.78 bits per heavy atom. The molecule has 0 fully saturated rings. The van der Waals surface area contributed by atoms with Gasteiger partial charge in [0.25, 0.3) is 0 Å². The lowest BCUT2D eigenvalue weighted by molar-refractivity contribution is 0.414. The zero-order valence-corrected chi connectivity index (χ0v) is 10.6. The Bertz CT molecular complexity index is 571. The molecule has 3 N–H and O–H groups in total. The number of ether oxygens (including phenoxy) is 1. The van der Waals surface area contributed by atoms with Crippen LogP contribution in [0.25, 0.3) is 0 Å². The predicted octanol–water partition coefficient (Wildman–Crippen LogP) is 2.22. The van der Waals surface area contributed by atoms with E-state index in [2.05, 4.69) is 9.69 Å². The van der Waals surface area contributed by atoms with E-state index in [1.165, 1.54) is 11.5 Å². The van der Waals surface area contributed by atoms with E-state index in [1.807, 2.05) is 30.3 Å². The Labute approximate surface area is 109 Å². The molecule has 18 heavy (non-hydrogen) atoms. The van der Waals surface area contributed by atoms with E-state index >= 15 is 0 Å². The number of hydrogen-bond acceptors (Lipinski definition) is 6. The molecule has 0 saturated heterocycles. The first kappa shape index (κ1) is 12.2. The summed E-state index contributed by atoms with van der Waals surface area (Å²) in [6.07, 6.45) is 0. The third-order valence-corrected chi connectivity index (χ3v) is 3.26. The van der Waals surface area contributed by atoms with E-state index in [4.69, 9.17) is 15.7 Å². The normalized spacial score (nSPS) is 9.78. The van der Waals surface area contributed by atoms with Gasteiger partial charge in [-0.2, -0.15) is 9.64 Å². The van der Waals surface area contributed by atoms with Crippen LogP contribution in [-0.2, 0) is 6.54 Å². The van der Waals surface area contributed by atoms with Gasteiger partial charge in [-0.1, -0.05) is 12.1 Å². The summed E-state index contributed by atoms with van der Waals surface area (Å²) in [6, 6.07) is 9.74. The van der Waals surface area contributed by atoms with Crippen LogP contribution in [0.15, 0.2) is 24.3 Å². The molecule has 1 aromatic carbocycles. The summed E-state index contributed by atoms with van der Waals surface area (Å²) < 4.78 is 9.03. The van der Waals surface area contributed by atoms with Crippen molar-refractivity contribution in [2.24, 2.45) is 0 Å². The molecule has 0 atom stereocenters. The lowest BCUT2D eigenvalue weighted by atomic mass is 10.2. The molecule has 6 heteroatoms. The van der Waals surface area contributed by atoms with Gasteiger partial charge in [-0.15, -0.1) is 0 Å². The van der Waals surface area contributed by atoms with E-state index in [9.17, 15) is 0 Å². The van der Waals surface area contributed by atoms with Crippen molar-refractivity contribution in [3.05, 3.63) is 35.4 Å². The summed E-state index contributed by atoms with van der Waals surface area (Å²) in [7, 11) is 1.63. The van der Waals surface area contributed by atoms with Crippen LogP contribution in [0.5, 0.6) is 5.75 Å². The van der Waals surface area contributed by atoms with Gasteiger partial charge in [-0.3, -0.25) is 0 Å². The highest BCUT2D eigenvalue weighted by Crippen LogP contribution is 2.26. The first-order valence-corrected chi connectivity index (χ1v) is 6.04. The molecule has 0 unspecified atom stereocenters. The van der Waals surface area contributed by atoms with Gasteiger partial charge in [0.05, 0.1) is 7.11 Å². The van der Waals surface area contributed by atoms with Gasteiger partial charge in [-0.25, -0.2) is 0 Å². The number of nitrogens with one attached hydrogen (secondary N) is 1. The molecule has 1 aromatic heterocycles. The molecule has 0 aliphatic rings. The van der Waals surface area contributed by atoms with E-state index in [0.29, 0.717) is 17.1 Å². The number of anilines is 2. The maximum atomic E-state index is 8.93. The molecule has 0 spiro atoms. The highest BCUT2D eigenvalue weighted by atomic mass is 32.1. The molecular weight excluding hydrogens is 248 g/mol. The second-order valence-electron chi connectivity index (χ2n) is 3.59. The Balaban J connectivity index is 2.04. The summed E-state index contributed by atoms with van der Waals surface area (Å²) >= 11 is 1.19. The third kappa shape index (κ3) is 2.52. The van der Waals surface area contributed by atoms with Crippen molar-refractivity contribution in [2.45, 2.75) is 6.54 Å². The van der Waals surface area contributed by atoms with Crippen LogP contribution in [0.1, 0.15) is 11.1 Å². The standard InChI is InChI=1S/C12H12N4OS/c1-17-9-4-2-8(3-5-9)7-15-12-10(6-13)11(14)16-18-12/h2-5,15H,7H2,1H3,(H2,14,16). The van der Waals surface area contributed by atoms with Crippen molar-refractivity contribution in [1.82, 2.24) is 4.37 Å². The predicted molar refractivity (Wildman–Crippen MR) is 71.6 cm³/mol. The van der Waals surface area contributed by atoms with Crippen molar-refractivity contribution in [2.75, 3.05) is 18.2 Å². The summed E-state index contributed by atoms with van der Waals surface area (Å²) in [6.45, 7) is 0.611. The quantitative estimate of drug-likeness (QED) is 0.880. The van der Waals surface area contributed by atoms with E-state index < -0.39 is 0 Å². The first-order chi connectivity index (χ1) is 8.74. The number of nitrogens with two attached hydrogens (primary N) is 1. The Morgan fingerprint density at radius 2 is 2.17 bits per heavy atom. The number of rotatable bonds is 4. The van der Waals surface area contributed by atoms with Gasteiger partial charge in [0, 0.05) is 6.54 Å². The molecular formula is C12H12N4OS. The van der Waals surface area contributed by atoms with Crippen LogP contribution in [0.3, 0.4) is 0 Å². The lowest BCUT2D eigenvalue weighted by Crippen LogP contribution is -1.99. The van der Waals surface area contributed by atoms with Crippen LogP contribution in [-0.4, -0.2) is 11.5 Å². The Kier molecular flexibility index (Phi) is 3.65. The molecule has 2 aromatic rings. The number of benzene rings is 1. The van der Waals surface area contributed by atoms with Crippen LogP contribution >= 0.6 is 11.5 Å². The topological polar surface area (TPSA) is 84.0 Å². The minimum absolute atomic E-state index is 0.278. The van der Waals surface area contributed by atoms with Crippen LogP contribution in [0, 0.1) is 11.3 Å². The molecule has 0 amide bonds. The van der Waals surface area contributed by atoms with Crippen molar-refractivity contribution in [3.8, 4) is 11.8 Å². The van der Waals surface area contributed by atoms with Gasteiger partial charge in [-0.05, 0) is 29.2 Å². The second kappa shape index (κ2) is 5.38. The van der Waals surface area contributed by atoms with Crippen molar-refractivity contribution in [3.63, 3.8) is 0 Å². The molecule has 5 nitrogen and oxygen atoms in total. The van der Waals surface area contributed by atoms with Crippen LogP contribution < -0.4 is 15.8 Å². The molecule has 0 aliphatic carbocycles. The average Bonchev–Trinajstić information content (AvgIpc) is 2.77. The number of aromatic nitrogens is 1. The first-order valence-electron chi connectivity index (χ1n) is 5.26. The molecule has 1 heterocycles. The summed E-state index contributed by atoms with van der Waals surface area (Å²) in [5.41, 5.74) is 7.08. The summed E-state index contributed by atoms with van der Waals surface area (Å²) in [5, 5.41) is 12.8. The number of methoxy groups -OCH3 is 1. The molecule has 0 bridgehead atoms. The van der Waals surface area contributed by atoms with Crippen molar-refractivity contribution < 1.29 is 4.74 Å². The number of hydrogen-bond donors (Lipinski definition) is 2. The summed E-state index contributed by atoms with van der Waals surface area (Å²) in [4.78, 5) is 0. The number of nitrogens with zero attached hydrogens (tertiary/aromatic N) is 2. The van der Waals surface area contributed by atoms with Crippen LogP contribution in [0.4, 0.5) is 10.8 Å². The van der Waals surface area contributed by atoms with Crippen LogP contribution in [0.2, 0.25) is 0 Å². The van der Waals surface area contributed by atoms with Crippen molar-refractivity contribution in [1.29, 1.82) is 5.26 Å².